The molecule has 7 nitrogen and oxygen atoms in total. The Hall–Kier alpha value is -2.70. The molecule has 7 heteroatoms. The topological polar surface area (TPSA) is 110 Å². The molecule has 2 heterocycles. The van der Waals surface area contributed by atoms with E-state index in [1.54, 1.807) is 24.3 Å². The molecule has 1 aromatic rings. The van der Waals surface area contributed by atoms with Crippen LogP contribution >= 0.6 is 0 Å². The fourth-order valence-electron chi connectivity index (χ4n) is 2.90. The molecule has 0 aromatic heterocycles. The monoisotopic (exact) mass is 287 g/mol. The van der Waals surface area contributed by atoms with Crippen LogP contribution < -0.4 is 11.1 Å². The van der Waals surface area contributed by atoms with Gasteiger partial charge in [-0.2, -0.15) is 0 Å². The third-order valence-corrected chi connectivity index (χ3v) is 3.81. The molecule has 0 saturated carbocycles. The van der Waals surface area contributed by atoms with Crippen molar-refractivity contribution < 1.29 is 19.2 Å². The van der Waals surface area contributed by atoms with E-state index in [9.17, 15) is 19.2 Å². The first kappa shape index (κ1) is 13.3. The lowest BCUT2D eigenvalue weighted by molar-refractivity contribution is -0.138. The Labute approximate surface area is 120 Å². The van der Waals surface area contributed by atoms with Gasteiger partial charge in [-0.1, -0.05) is 18.2 Å². The molecule has 108 valence electrons. The second-order valence-corrected chi connectivity index (χ2v) is 5.07. The first-order valence-corrected chi connectivity index (χ1v) is 6.55. The highest BCUT2D eigenvalue weighted by atomic mass is 16.2. The summed E-state index contributed by atoms with van der Waals surface area (Å²) in [6.07, 6.45) is 0.316. The minimum Gasteiger partial charge on any atom is -0.368 e. The standard InChI is InChI=1S/C14H13N3O4/c15-12(19)11-7-3-1-2-4-8(7)14(21)17(11)9-5-6-10(18)16-13(9)20/h1-4,9,11H,5-6H2,(H2,15,19)(H,16,18,20). The van der Waals surface area contributed by atoms with Gasteiger partial charge in [0.2, 0.25) is 17.7 Å². The van der Waals surface area contributed by atoms with Crippen LogP contribution in [0.4, 0.5) is 0 Å². The third kappa shape index (κ3) is 1.97. The zero-order valence-electron chi connectivity index (χ0n) is 11.0. The summed E-state index contributed by atoms with van der Waals surface area (Å²) in [4.78, 5) is 48.6. The molecule has 3 N–H and O–H groups in total. The van der Waals surface area contributed by atoms with E-state index in [4.69, 9.17) is 5.73 Å². The molecule has 2 atom stereocenters. The highest BCUT2D eigenvalue weighted by Gasteiger charge is 2.46. The van der Waals surface area contributed by atoms with E-state index in [1.165, 1.54) is 4.90 Å². The van der Waals surface area contributed by atoms with Crippen LogP contribution in [0.25, 0.3) is 0 Å². The van der Waals surface area contributed by atoms with Crippen molar-refractivity contribution in [3.8, 4) is 0 Å². The summed E-state index contributed by atoms with van der Waals surface area (Å²) in [7, 11) is 0. The minimum atomic E-state index is -0.974. The third-order valence-electron chi connectivity index (χ3n) is 3.81. The van der Waals surface area contributed by atoms with Crippen LogP contribution in [0.1, 0.15) is 34.8 Å². The molecule has 1 saturated heterocycles. The fraction of sp³-hybridized carbons (Fsp3) is 0.286. The average Bonchev–Trinajstić information content (AvgIpc) is 2.73. The first-order valence-electron chi connectivity index (χ1n) is 6.55. The first-order chi connectivity index (χ1) is 10.0. The van der Waals surface area contributed by atoms with Gasteiger partial charge in [0.1, 0.15) is 12.1 Å². The number of carbonyl (C=O) groups is 4. The largest absolute Gasteiger partial charge is 0.368 e. The number of nitrogens with two attached hydrogens (primary N) is 1. The number of hydrogen-bond donors (Lipinski definition) is 2. The second kappa shape index (κ2) is 4.69. The van der Waals surface area contributed by atoms with Crippen LogP contribution in [0, 0.1) is 0 Å². The summed E-state index contributed by atoms with van der Waals surface area (Å²) in [5.41, 5.74) is 6.28. The van der Waals surface area contributed by atoms with Gasteiger partial charge in [-0.15, -0.1) is 0 Å². The van der Waals surface area contributed by atoms with Crippen molar-refractivity contribution in [3.63, 3.8) is 0 Å². The molecule has 0 aliphatic carbocycles. The Morgan fingerprint density at radius 1 is 1.24 bits per heavy atom. The summed E-state index contributed by atoms with van der Waals surface area (Å²) < 4.78 is 0. The number of hydrogen-bond acceptors (Lipinski definition) is 4. The second-order valence-electron chi connectivity index (χ2n) is 5.07. The lowest BCUT2D eigenvalue weighted by atomic mass is 10.0. The number of carbonyl (C=O) groups excluding carboxylic acids is 4. The van der Waals surface area contributed by atoms with Crippen molar-refractivity contribution in [1.29, 1.82) is 0 Å². The van der Waals surface area contributed by atoms with Crippen molar-refractivity contribution in [2.45, 2.75) is 24.9 Å². The molecule has 1 aromatic carbocycles. The Morgan fingerprint density at radius 3 is 2.62 bits per heavy atom. The number of nitrogens with one attached hydrogen (secondary N) is 1. The molecular formula is C14H13N3O4. The van der Waals surface area contributed by atoms with E-state index >= 15 is 0 Å². The van der Waals surface area contributed by atoms with Gasteiger partial charge in [0.15, 0.2) is 0 Å². The number of fused-ring (bicyclic) bond motifs is 1. The van der Waals surface area contributed by atoms with E-state index < -0.39 is 29.8 Å². The number of piperidine rings is 1. The maximum atomic E-state index is 12.5. The zero-order valence-corrected chi connectivity index (χ0v) is 11.0. The highest BCUT2D eigenvalue weighted by molar-refractivity contribution is 6.08. The quantitative estimate of drug-likeness (QED) is 0.713. The molecule has 3 rings (SSSR count). The molecule has 4 amide bonds. The summed E-state index contributed by atoms with van der Waals surface area (Å²) >= 11 is 0. The molecule has 2 aliphatic rings. The van der Waals surface area contributed by atoms with Crippen LogP contribution in [0.15, 0.2) is 24.3 Å². The number of nitrogens with zero attached hydrogens (tertiary/aromatic N) is 1. The van der Waals surface area contributed by atoms with Crippen molar-refractivity contribution >= 4 is 23.6 Å². The molecule has 0 bridgehead atoms. The Bertz CT molecular complexity index is 670. The van der Waals surface area contributed by atoms with Gasteiger partial charge in [0.25, 0.3) is 5.91 Å². The maximum Gasteiger partial charge on any atom is 0.255 e. The normalized spacial score (nSPS) is 24.8. The van der Waals surface area contributed by atoms with Crippen LogP contribution in [-0.2, 0) is 14.4 Å². The molecular weight excluding hydrogens is 274 g/mol. The van der Waals surface area contributed by atoms with E-state index in [1.807, 2.05) is 0 Å². The van der Waals surface area contributed by atoms with Gasteiger partial charge < -0.3 is 10.6 Å². The molecule has 2 aliphatic heterocycles. The predicted molar refractivity (Wildman–Crippen MR) is 70.7 cm³/mol. The van der Waals surface area contributed by atoms with Gasteiger partial charge in [-0.3, -0.25) is 24.5 Å². The lowest BCUT2D eigenvalue weighted by Gasteiger charge is -2.33. The SMILES string of the molecule is NC(=O)C1c2ccccc2C(=O)N1C1CCC(=O)NC1=O. The minimum absolute atomic E-state index is 0.127. The summed E-state index contributed by atoms with van der Waals surface area (Å²) in [6.45, 7) is 0. The lowest BCUT2D eigenvalue weighted by Crippen LogP contribution is -2.55. The fourth-order valence-corrected chi connectivity index (χ4v) is 2.90. The molecule has 1 fully saturated rings. The van der Waals surface area contributed by atoms with Crippen molar-refractivity contribution in [2.24, 2.45) is 5.73 Å². The van der Waals surface area contributed by atoms with E-state index in [-0.39, 0.29) is 18.7 Å². The molecule has 21 heavy (non-hydrogen) atoms. The molecule has 2 unspecified atom stereocenters. The smallest absolute Gasteiger partial charge is 0.255 e. The molecule has 0 spiro atoms. The Kier molecular flexibility index (Phi) is 2.97. The van der Waals surface area contributed by atoms with E-state index in [0.29, 0.717) is 11.1 Å². The van der Waals surface area contributed by atoms with Gasteiger partial charge in [0.05, 0.1) is 0 Å². The van der Waals surface area contributed by atoms with Crippen molar-refractivity contribution in [2.75, 3.05) is 0 Å². The van der Waals surface area contributed by atoms with Crippen LogP contribution in [0.3, 0.4) is 0 Å². The van der Waals surface area contributed by atoms with E-state index in [2.05, 4.69) is 5.32 Å². The number of benzene rings is 1. The average molecular weight is 287 g/mol. The number of primary amides is 1. The van der Waals surface area contributed by atoms with Gasteiger partial charge in [-0.05, 0) is 18.1 Å². The predicted octanol–water partition coefficient (Wildman–Crippen LogP) is -0.526. The van der Waals surface area contributed by atoms with Gasteiger partial charge in [-0.25, -0.2) is 0 Å². The van der Waals surface area contributed by atoms with Crippen molar-refractivity contribution in [3.05, 3.63) is 35.4 Å². The maximum absolute atomic E-state index is 12.5. The van der Waals surface area contributed by atoms with Gasteiger partial charge >= 0.3 is 0 Å². The van der Waals surface area contributed by atoms with Gasteiger partial charge in [0, 0.05) is 12.0 Å². The highest BCUT2D eigenvalue weighted by Crippen LogP contribution is 2.36. The van der Waals surface area contributed by atoms with Crippen molar-refractivity contribution in [1.82, 2.24) is 10.2 Å². The zero-order chi connectivity index (χ0) is 15.1. The number of amides is 4. The van der Waals surface area contributed by atoms with E-state index in [0.717, 1.165) is 0 Å². The Balaban J connectivity index is 2.02. The Morgan fingerprint density at radius 2 is 1.95 bits per heavy atom. The van der Waals surface area contributed by atoms with Crippen LogP contribution in [0.2, 0.25) is 0 Å². The summed E-state index contributed by atoms with van der Waals surface area (Å²) in [5, 5.41) is 2.19. The van der Waals surface area contributed by atoms with Crippen LogP contribution in [0.5, 0.6) is 0 Å². The molecule has 0 radical (unpaired) electrons. The number of imide groups is 1. The van der Waals surface area contributed by atoms with Crippen LogP contribution in [-0.4, -0.2) is 34.6 Å². The summed E-state index contributed by atoms with van der Waals surface area (Å²) in [6, 6.07) is 4.80. The number of rotatable bonds is 2. The summed E-state index contributed by atoms with van der Waals surface area (Å²) in [5.74, 6) is -2.06.